The zero-order valence-corrected chi connectivity index (χ0v) is 13.2. The van der Waals surface area contributed by atoms with Crippen molar-refractivity contribution in [3.05, 3.63) is 0 Å². The number of carbonyl (C=O) groups is 1. The van der Waals surface area contributed by atoms with Crippen LogP contribution in [0.25, 0.3) is 0 Å². The van der Waals surface area contributed by atoms with E-state index < -0.39 is 0 Å². The number of carbonyl (C=O) groups excluding carboxylic acids is 1. The van der Waals surface area contributed by atoms with Crippen molar-refractivity contribution >= 4 is 5.91 Å². The van der Waals surface area contributed by atoms with Gasteiger partial charge in [-0.1, -0.05) is 54.4 Å². The first-order valence-electron chi connectivity index (χ1n) is 7.43. The second-order valence-electron chi connectivity index (χ2n) is 7.90. The second-order valence-corrected chi connectivity index (χ2v) is 7.90. The predicted octanol–water partition coefficient (Wildman–Crippen LogP) is 4.10. The fourth-order valence-electron chi connectivity index (χ4n) is 3.51. The highest BCUT2D eigenvalue weighted by Gasteiger charge is 2.42. The molecule has 0 aliphatic carbocycles. The Hall–Kier alpha value is -0.530. The van der Waals surface area contributed by atoms with Gasteiger partial charge in [0.15, 0.2) is 0 Å². The molecule has 0 unspecified atom stereocenters. The van der Waals surface area contributed by atoms with Crippen molar-refractivity contribution in [1.29, 1.82) is 0 Å². The van der Waals surface area contributed by atoms with E-state index in [1.165, 1.54) is 25.7 Å². The molecule has 0 spiro atoms. The average Bonchev–Trinajstić information content (AvgIpc) is 2.40. The molecule has 2 heteroatoms. The van der Waals surface area contributed by atoms with E-state index in [0.29, 0.717) is 5.91 Å². The maximum Gasteiger partial charge on any atom is 0.226 e. The molecule has 0 aromatic carbocycles. The van der Waals surface area contributed by atoms with Gasteiger partial charge < -0.3 is 4.90 Å². The second kappa shape index (κ2) is 5.63. The van der Waals surface area contributed by atoms with Gasteiger partial charge in [0.05, 0.1) is 0 Å². The molecule has 0 radical (unpaired) electrons. The number of likely N-dealkylation sites (tertiary alicyclic amines) is 1. The molecule has 106 valence electrons. The summed E-state index contributed by atoms with van der Waals surface area (Å²) in [5.41, 5.74) is 0.0588. The number of nitrogens with zero attached hydrogens (tertiary/aromatic N) is 1. The number of amides is 1. The van der Waals surface area contributed by atoms with E-state index in [1.807, 2.05) is 0 Å². The maximum absolute atomic E-state index is 12.9. The van der Waals surface area contributed by atoms with Crippen LogP contribution in [0.3, 0.4) is 0 Å². The third-order valence-corrected chi connectivity index (χ3v) is 3.90. The van der Waals surface area contributed by atoms with E-state index >= 15 is 0 Å². The van der Waals surface area contributed by atoms with Crippen LogP contribution >= 0.6 is 0 Å². The van der Waals surface area contributed by atoms with Crippen LogP contribution in [-0.2, 0) is 4.79 Å². The predicted molar refractivity (Wildman–Crippen MR) is 77.4 cm³/mol. The van der Waals surface area contributed by atoms with Gasteiger partial charge in [-0.25, -0.2) is 0 Å². The Morgan fingerprint density at radius 1 is 0.833 bits per heavy atom. The minimum absolute atomic E-state index is 0.0294. The van der Waals surface area contributed by atoms with Crippen molar-refractivity contribution < 1.29 is 4.79 Å². The summed E-state index contributed by atoms with van der Waals surface area (Å²) in [6.45, 7) is 15.1. The Balaban J connectivity index is 2.88. The molecule has 1 aliphatic rings. The summed E-state index contributed by atoms with van der Waals surface area (Å²) in [6.07, 6.45) is 4.90. The van der Waals surface area contributed by atoms with Gasteiger partial charge in [0.25, 0.3) is 0 Å². The smallest absolute Gasteiger partial charge is 0.226 e. The Bertz CT molecular complexity index is 260. The van der Waals surface area contributed by atoms with Crippen molar-refractivity contribution in [2.24, 2.45) is 16.7 Å². The largest absolute Gasteiger partial charge is 0.342 e. The molecule has 0 atom stereocenters. The van der Waals surface area contributed by atoms with E-state index in [9.17, 15) is 4.79 Å². The van der Waals surface area contributed by atoms with Gasteiger partial charge in [-0.15, -0.1) is 0 Å². The first-order chi connectivity index (χ1) is 8.14. The highest BCUT2D eigenvalue weighted by atomic mass is 16.2. The van der Waals surface area contributed by atoms with Crippen molar-refractivity contribution in [3.8, 4) is 0 Å². The Morgan fingerprint density at radius 3 is 1.56 bits per heavy atom. The number of rotatable bonds is 1. The summed E-state index contributed by atoms with van der Waals surface area (Å²) >= 11 is 0. The molecule has 18 heavy (non-hydrogen) atoms. The lowest BCUT2D eigenvalue weighted by molar-refractivity contribution is -0.144. The maximum atomic E-state index is 12.9. The van der Waals surface area contributed by atoms with Crippen molar-refractivity contribution in [2.45, 2.75) is 67.2 Å². The molecule has 1 heterocycles. The summed E-state index contributed by atoms with van der Waals surface area (Å²) in [4.78, 5) is 15.0. The zero-order valence-electron chi connectivity index (χ0n) is 13.2. The number of hydrogen-bond acceptors (Lipinski definition) is 1. The quantitative estimate of drug-likeness (QED) is 0.689. The summed E-state index contributed by atoms with van der Waals surface area (Å²) in [7, 11) is 0. The monoisotopic (exact) mass is 253 g/mol. The van der Waals surface area contributed by atoms with E-state index in [4.69, 9.17) is 0 Å². The lowest BCUT2D eigenvalue weighted by Gasteiger charge is -2.42. The molecule has 1 aliphatic heterocycles. The summed E-state index contributed by atoms with van der Waals surface area (Å²) in [5, 5.41) is 0. The van der Waals surface area contributed by atoms with Crippen LogP contribution < -0.4 is 0 Å². The van der Waals surface area contributed by atoms with Crippen LogP contribution in [0, 0.1) is 16.7 Å². The molecule has 0 bridgehead atoms. The molecule has 0 aromatic rings. The molecular weight excluding hydrogens is 222 g/mol. The van der Waals surface area contributed by atoms with Crippen molar-refractivity contribution in [2.75, 3.05) is 13.1 Å². The van der Waals surface area contributed by atoms with Crippen LogP contribution in [0.1, 0.15) is 67.2 Å². The average molecular weight is 253 g/mol. The first-order valence-corrected chi connectivity index (χ1v) is 7.43. The van der Waals surface area contributed by atoms with Crippen molar-refractivity contribution in [3.63, 3.8) is 0 Å². The highest BCUT2D eigenvalue weighted by Crippen LogP contribution is 2.41. The first kappa shape index (κ1) is 15.5. The van der Waals surface area contributed by atoms with Gasteiger partial charge in [0.2, 0.25) is 5.91 Å². The fraction of sp³-hybridized carbons (Fsp3) is 0.938. The molecule has 0 N–H and O–H groups in total. The summed E-state index contributed by atoms with van der Waals surface area (Å²) in [5.74, 6) is 0.472. The highest BCUT2D eigenvalue weighted by molar-refractivity contribution is 5.80. The van der Waals surface area contributed by atoms with Gasteiger partial charge in [0, 0.05) is 19.0 Å². The minimum atomic E-state index is 0.0294. The molecule has 1 saturated heterocycles. The van der Waals surface area contributed by atoms with Crippen LogP contribution in [-0.4, -0.2) is 23.9 Å². The van der Waals surface area contributed by atoms with E-state index in [-0.39, 0.29) is 16.7 Å². The minimum Gasteiger partial charge on any atom is -0.342 e. The van der Waals surface area contributed by atoms with E-state index in [1.54, 1.807) is 0 Å². The standard InChI is InChI=1S/C16H31NO/c1-15(2,3)13(16(4,5)6)14(18)17-11-9-7-8-10-12-17/h13H,7-12H2,1-6H3. The fourth-order valence-corrected chi connectivity index (χ4v) is 3.51. The molecule has 1 amide bonds. The van der Waals surface area contributed by atoms with Crippen molar-refractivity contribution in [1.82, 2.24) is 4.90 Å². The van der Waals surface area contributed by atoms with Crippen LogP contribution in [0.5, 0.6) is 0 Å². The zero-order chi connectivity index (χ0) is 14.0. The third kappa shape index (κ3) is 4.00. The molecular formula is C16H31NO. The van der Waals surface area contributed by atoms with Gasteiger partial charge in [0.1, 0.15) is 0 Å². The Kier molecular flexibility index (Phi) is 4.85. The van der Waals surface area contributed by atoms with E-state index in [0.717, 1.165) is 13.1 Å². The molecule has 2 nitrogen and oxygen atoms in total. The van der Waals surface area contributed by atoms with Gasteiger partial charge in [-0.05, 0) is 23.7 Å². The summed E-state index contributed by atoms with van der Waals surface area (Å²) in [6, 6.07) is 0. The molecule has 1 fully saturated rings. The Labute approximate surface area is 113 Å². The van der Waals surface area contributed by atoms with Crippen LogP contribution in [0.2, 0.25) is 0 Å². The van der Waals surface area contributed by atoms with Crippen LogP contribution in [0.4, 0.5) is 0 Å². The summed E-state index contributed by atoms with van der Waals surface area (Å²) < 4.78 is 0. The van der Waals surface area contributed by atoms with Crippen LogP contribution in [0.15, 0.2) is 0 Å². The lowest BCUT2D eigenvalue weighted by Crippen LogP contribution is -2.47. The molecule has 1 rings (SSSR count). The third-order valence-electron chi connectivity index (χ3n) is 3.90. The van der Waals surface area contributed by atoms with E-state index in [2.05, 4.69) is 46.4 Å². The molecule has 0 aromatic heterocycles. The topological polar surface area (TPSA) is 20.3 Å². The normalized spacial score (nSPS) is 18.9. The van der Waals surface area contributed by atoms with Gasteiger partial charge >= 0.3 is 0 Å². The lowest BCUT2D eigenvalue weighted by atomic mass is 9.66. The Morgan fingerprint density at radius 2 is 1.22 bits per heavy atom. The molecule has 0 saturated carbocycles. The number of hydrogen-bond donors (Lipinski definition) is 0. The van der Waals surface area contributed by atoms with Gasteiger partial charge in [-0.3, -0.25) is 4.79 Å². The SMILES string of the molecule is CC(C)(C)C(C(=O)N1CCCCCC1)C(C)(C)C. The van der Waals surface area contributed by atoms with Gasteiger partial charge in [-0.2, -0.15) is 0 Å².